The summed E-state index contributed by atoms with van der Waals surface area (Å²) in [4.78, 5) is 14.5. The summed E-state index contributed by atoms with van der Waals surface area (Å²) >= 11 is 0. The van der Waals surface area contributed by atoms with Crippen LogP contribution in [0.2, 0.25) is 0 Å². The van der Waals surface area contributed by atoms with E-state index in [4.69, 9.17) is 4.98 Å². The lowest BCUT2D eigenvalue weighted by atomic mass is 10.1. The first-order chi connectivity index (χ1) is 12.9. The molecule has 0 aliphatic carbocycles. The lowest BCUT2D eigenvalue weighted by molar-refractivity contribution is 0.173. The van der Waals surface area contributed by atoms with Gasteiger partial charge in [-0.15, -0.1) is 0 Å². The van der Waals surface area contributed by atoms with E-state index in [1.165, 1.54) is 41.8 Å². The second-order valence-corrected chi connectivity index (χ2v) is 7.78. The molecule has 5 heteroatoms. The van der Waals surface area contributed by atoms with E-state index in [2.05, 4.69) is 44.4 Å². The zero-order chi connectivity index (χ0) is 17.3. The van der Waals surface area contributed by atoms with Crippen LogP contribution in [-0.4, -0.2) is 47.1 Å². The predicted molar refractivity (Wildman–Crippen MR) is 103 cm³/mol. The van der Waals surface area contributed by atoms with Gasteiger partial charge in [0, 0.05) is 50.7 Å². The van der Waals surface area contributed by atoms with Crippen molar-refractivity contribution in [3.63, 3.8) is 0 Å². The van der Waals surface area contributed by atoms with Crippen LogP contribution in [0.4, 0.5) is 5.82 Å². The average molecular weight is 349 g/mol. The molecule has 4 heterocycles. The Hall–Kier alpha value is -1.98. The fourth-order valence-corrected chi connectivity index (χ4v) is 4.79. The Morgan fingerprint density at radius 2 is 1.81 bits per heavy atom. The van der Waals surface area contributed by atoms with Gasteiger partial charge in [-0.3, -0.25) is 4.90 Å². The van der Waals surface area contributed by atoms with Gasteiger partial charge in [-0.25, -0.2) is 9.97 Å². The van der Waals surface area contributed by atoms with E-state index in [9.17, 15) is 0 Å². The number of aromatic nitrogens is 2. The third-order valence-electron chi connectivity index (χ3n) is 6.22. The normalized spacial score (nSPS) is 23.4. The van der Waals surface area contributed by atoms with Crippen molar-refractivity contribution in [2.24, 2.45) is 0 Å². The van der Waals surface area contributed by atoms with Gasteiger partial charge < -0.3 is 10.2 Å². The zero-order valence-corrected chi connectivity index (χ0v) is 15.3. The van der Waals surface area contributed by atoms with Crippen LogP contribution in [0.1, 0.15) is 35.2 Å². The summed E-state index contributed by atoms with van der Waals surface area (Å²) in [6.45, 7) is 6.49. The van der Waals surface area contributed by atoms with Gasteiger partial charge in [-0.1, -0.05) is 24.3 Å². The molecule has 26 heavy (non-hydrogen) atoms. The summed E-state index contributed by atoms with van der Waals surface area (Å²) in [6.07, 6.45) is 6.50. The molecule has 1 fully saturated rings. The van der Waals surface area contributed by atoms with Crippen molar-refractivity contribution in [2.45, 2.75) is 44.8 Å². The van der Waals surface area contributed by atoms with Crippen LogP contribution in [0, 0.1) is 0 Å². The Morgan fingerprint density at radius 1 is 1.00 bits per heavy atom. The minimum Gasteiger partial charge on any atom is -0.348 e. The SMILES string of the molecule is c1ccc2c(c1)CN(c1ncnc3c1CCN([C@@H]1CCCNC1)CC3)C2. The van der Waals surface area contributed by atoms with E-state index in [0.29, 0.717) is 6.04 Å². The minimum absolute atomic E-state index is 0.686. The van der Waals surface area contributed by atoms with Gasteiger partial charge in [0.25, 0.3) is 0 Å². The van der Waals surface area contributed by atoms with Crippen LogP contribution in [0.15, 0.2) is 30.6 Å². The molecule has 0 spiro atoms. The highest BCUT2D eigenvalue weighted by Crippen LogP contribution is 2.31. The second kappa shape index (κ2) is 6.97. The van der Waals surface area contributed by atoms with Crippen molar-refractivity contribution in [3.8, 4) is 0 Å². The van der Waals surface area contributed by atoms with Crippen LogP contribution in [-0.2, 0) is 25.9 Å². The highest BCUT2D eigenvalue weighted by Gasteiger charge is 2.28. The Morgan fingerprint density at radius 3 is 2.58 bits per heavy atom. The van der Waals surface area contributed by atoms with Gasteiger partial charge in [0.1, 0.15) is 12.1 Å². The maximum absolute atomic E-state index is 4.72. The third-order valence-corrected chi connectivity index (χ3v) is 6.22. The number of nitrogens with one attached hydrogen (secondary N) is 1. The molecule has 5 rings (SSSR count). The first-order valence-electron chi connectivity index (χ1n) is 9.98. The topological polar surface area (TPSA) is 44.3 Å². The van der Waals surface area contributed by atoms with Crippen molar-refractivity contribution in [3.05, 3.63) is 53.0 Å². The largest absolute Gasteiger partial charge is 0.348 e. The summed E-state index contributed by atoms with van der Waals surface area (Å²) in [5.74, 6) is 1.16. The molecule has 5 nitrogen and oxygen atoms in total. The van der Waals surface area contributed by atoms with Crippen LogP contribution >= 0.6 is 0 Å². The smallest absolute Gasteiger partial charge is 0.136 e. The predicted octanol–water partition coefficient (Wildman–Crippen LogP) is 2.15. The summed E-state index contributed by atoms with van der Waals surface area (Å²) in [6, 6.07) is 9.45. The van der Waals surface area contributed by atoms with Crippen LogP contribution in [0.5, 0.6) is 0 Å². The number of hydrogen-bond donors (Lipinski definition) is 1. The molecule has 2 aromatic rings. The molecular weight excluding hydrogens is 322 g/mol. The average Bonchev–Trinajstić information content (AvgIpc) is 3.01. The van der Waals surface area contributed by atoms with Gasteiger partial charge in [0.2, 0.25) is 0 Å². The third kappa shape index (κ3) is 2.99. The Kier molecular flexibility index (Phi) is 4.35. The van der Waals surface area contributed by atoms with Gasteiger partial charge in [-0.05, 0) is 36.9 Å². The van der Waals surface area contributed by atoms with E-state index in [0.717, 1.165) is 51.4 Å². The van der Waals surface area contributed by atoms with Gasteiger partial charge >= 0.3 is 0 Å². The van der Waals surface area contributed by atoms with Crippen molar-refractivity contribution in [1.29, 1.82) is 0 Å². The summed E-state index contributed by atoms with van der Waals surface area (Å²) in [5, 5.41) is 3.56. The lowest BCUT2D eigenvalue weighted by Gasteiger charge is -2.33. The molecule has 0 amide bonds. The Balaban J connectivity index is 1.37. The maximum Gasteiger partial charge on any atom is 0.136 e. The molecular formula is C21H27N5. The monoisotopic (exact) mass is 349 g/mol. The van der Waals surface area contributed by atoms with E-state index in [1.807, 2.05) is 0 Å². The van der Waals surface area contributed by atoms with Crippen molar-refractivity contribution < 1.29 is 0 Å². The minimum atomic E-state index is 0.686. The van der Waals surface area contributed by atoms with Gasteiger partial charge in [0.15, 0.2) is 0 Å². The van der Waals surface area contributed by atoms with Crippen molar-refractivity contribution >= 4 is 5.82 Å². The van der Waals surface area contributed by atoms with E-state index >= 15 is 0 Å². The summed E-state index contributed by atoms with van der Waals surface area (Å²) in [7, 11) is 0. The molecule has 0 bridgehead atoms. The quantitative estimate of drug-likeness (QED) is 0.900. The fraction of sp³-hybridized carbons (Fsp3) is 0.524. The Labute approximate surface area is 155 Å². The van der Waals surface area contributed by atoms with Crippen LogP contribution in [0.3, 0.4) is 0 Å². The number of nitrogens with zero attached hydrogens (tertiary/aromatic N) is 4. The number of rotatable bonds is 2. The van der Waals surface area contributed by atoms with Crippen LogP contribution < -0.4 is 10.2 Å². The molecule has 1 aromatic heterocycles. The van der Waals surface area contributed by atoms with Gasteiger partial charge in [-0.2, -0.15) is 0 Å². The van der Waals surface area contributed by atoms with Crippen molar-refractivity contribution in [1.82, 2.24) is 20.2 Å². The molecule has 1 N–H and O–H groups in total. The molecule has 1 saturated heterocycles. The fourth-order valence-electron chi connectivity index (χ4n) is 4.79. The highest BCUT2D eigenvalue weighted by atomic mass is 15.2. The summed E-state index contributed by atoms with van der Waals surface area (Å²) in [5.41, 5.74) is 5.51. The van der Waals surface area contributed by atoms with E-state index in [1.54, 1.807) is 6.33 Å². The zero-order valence-electron chi connectivity index (χ0n) is 15.3. The highest BCUT2D eigenvalue weighted by molar-refractivity contribution is 5.53. The van der Waals surface area contributed by atoms with Gasteiger partial charge in [0.05, 0.1) is 5.69 Å². The van der Waals surface area contributed by atoms with Crippen molar-refractivity contribution in [2.75, 3.05) is 31.1 Å². The maximum atomic E-state index is 4.72. The number of anilines is 1. The van der Waals surface area contributed by atoms with E-state index < -0.39 is 0 Å². The van der Waals surface area contributed by atoms with Crippen LogP contribution in [0.25, 0.3) is 0 Å². The molecule has 1 aromatic carbocycles. The Bertz CT molecular complexity index is 759. The molecule has 3 aliphatic heterocycles. The number of benzene rings is 1. The number of piperidine rings is 1. The second-order valence-electron chi connectivity index (χ2n) is 7.78. The number of hydrogen-bond acceptors (Lipinski definition) is 5. The molecule has 0 radical (unpaired) electrons. The lowest BCUT2D eigenvalue weighted by Crippen LogP contribution is -2.46. The molecule has 136 valence electrons. The number of fused-ring (bicyclic) bond motifs is 2. The van der Waals surface area contributed by atoms with E-state index in [-0.39, 0.29) is 0 Å². The standard InChI is InChI=1S/C21H27N5/c1-2-5-17-14-26(13-16(17)4-1)21-19-7-10-25(18-6-3-9-22-12-18)11-8-20(19)23-15-24-21/h1-2,4-5,15,18,22H,3,6-14H2/t18-/m1/s1. The first-order valence-corrected chi connectivity index (χ1v) is 9.98. The molecule has 0 saturated carbocycles. The molecule has 0 unspecified atom stereocenters. The first kappa shape index (κ1) is 16.2. The molecule has 1 atom stereocenters. The summed E-state index contributed by atoms with van der Waals surface area (Å²) < 4.78 is 0. The molecule has 3 aliphatic rings.